The zero-order chi connectivity index (χ0) is 23.0. The molecule has 162 valence electrons. The van der Waals surface area contributed by atoms with Gasteiger partial charge in [0.2, 0.25) is 0 Å². The molecule has 3 aromatic rings. The molecule has 0 aliphatic carbocycles. The van der Waals surface area contributed by atoms with Gasteiger partial charge in [0.25, 0.3) is 11.8 Å². The van der Waals surface area contributed by atoms with Gasteiger partial charge in [-0.3, -0.25) is 9.59 Å². The first-order valence-electron chi connectivity index (χ1n) is 9.56. The number of methoxy groups -OCH3 is 1. The van der Waals surface area contributed by atoms with Crippen molar-refractivity contribution in [1.29, 1.82) is 0 Å². The van der Waals surface area contributed by atoms with Crippen LogP contribution in [0.2, 0.25) is 5.02 Å². The van der Waals surface area contributed by atoms with Gasteiger partial charge in [0.15, 0.2) is 11.6 Å². The molecule has 0 fully saturated rings. The summed E-state index contributed by atoms with van der Waals surface area (Å²) in [6.07, 6.45) is 0. The fraction of sp³-hybridized carbons (Fsp3) is 0.0833. The van der Waals surface area contributed by atoms with E-state index in [1.165, 1.54) is 13.2 Å². The largest absolute Gasteiger partial charge is 0.497 e. The van der Waals surface area contributed by atoms with Crippen molar-refractivity contribution in [3.05, 3.63) is 94.1 Å². The molecule has 0 atom stereocenters. The van der Waals surface area contributed by atoms with E-state index in [-0.39, 0.29) is 17.0 Å². The molecule has 1 heterocycles. The van der Waals surface area contributed by atoms with Crippen LogP contribution in [0.4, 0.5) is 20.2 Å². The lowest BCUT2D eigenvalue weighted by molar-refractivity contribution is -0.120. The Labute approximate surface area is 187 Å². The van der Waals surface area contributed by atoms with Crippen LogP contribution in [-0.2, 0) is 9.59 Å². The summed E-state index contributed by atoms with van der Waals surface area (Å²) in [5.74, 6) is -2.75. The standard InChI is InChI=1S/C24H17ClF2N2O3/c1-13-17(25)4-3-5-20(13)29-23(30)21(14-6-9-16(32-2)10-7-14)22(24(29)31)28-15-8-11-18(26)19(27)12-15/h3-12,28H,1-2H3. The van der Waals surface area contributed by atoms with E-state index in [1.54, 1.807) is 49.4 Å². The van der Waals surface area contributed by atoms with E-state index >= 15 is 0 Å². The second-order valence-corrected chi connectivity index (χ2v) is 7.47. The maximum absolute atomic E-state index is 13.7. The molecule has 0 spiro atoms. The maximum atomic E-state index is 13.7. The summed E-state index contributed by atoms with van der Waals surface area (Å²) in [7, 11) is 1.51. The normalized spacial score (nSPS) is 13.7. The number of carbonyl (C=O) groups excluding carboxylic acids is 2. The summed E-state index contributed by atoms with van der Waals surface area (Å²) in [6.45, 7) is 1.70. The van der Waals surface area contributed by atoms with Crippen LogP contribution >= 0.6 is 11.6 Å². The topological polar surface area (TPSA) is 58.6 Å². The van der Waals surface area contributed by atoms with E-state index in [1.807, 2.05) is 0 Å². The molecule has 0 unspecified atom stereocenters. The first kappa shape index (κ1) is 21.5. The Bertz CT molecular complexity index is 1270. The molecule has 1 aliphatic heterocycles. The average Bonchev–Trinajstić information content (AvgIpc) is 3.02. The predicted octanol–water partition coefficient (Wildman–Crippen LogP) is 5.33. The third-order valence-electron chi connectivity index (χ3n) is 5.13. The number of rotatable bonds is 5. The Morgan fingerprint density at radius 3 is 2.31 bits per heavy atom. The van der Waals surface area contributed by atoms with Gasteiger partial charge in [-0.05, 0) is 54.4 Å². The van der Waals surface area contributed by atoms with E-state index in [2.05, 4.69) is 5.32 Å². The Balaban J connectivity index is 1.85. The minimum Gasteiger partial charge on any atom is -0.497 e. The van der Waals surface area contributed by atoms with Gasteiger partial charge in [-0.2, -0.15) is 0 Å². The zero-order valence-corrected chi connectivity index (χ0v) is 17.8. The number of hydrogen-bond donors (Lipinski definition) is 1. The molecule has 32 heavy (non-hydrogen) atoms. The second kappa shape index (κ2) is 8.43. The molecule has 3 aromatic carbocycles. The average molecular weight is 455 g/mol. The van der Waals surface area contributed by atoms with Crippen molar-refractivity contribution in [3.63, 3.8) is 0 Å². The molecule has 5 nitrogen and oxygen atoms in total. The van der Waals surface area contributed by atoms with Crippen molar-refractivity contribution in [1.82, 2.24) is 0 Å². The summed E-state index contributed by atoms with van der Waals surface area (Å²) < 4.78 is 32.3. The number of benzene rings is 3. The third kappa shape index (κ3) is 3.71. The minimum absolute atomic E-state index is 0.0643. The van der Waals surface area contributed by atoms with Crippen LogP contribution < -0.4 is 15.0 Å². The molecule has 0 radical (unpaired) electrons. The fourth-order valence-electron chi connectivity index (χ4n) is 3.45. The van der Waals surface area contributed by atoms with Crippen molar-refractivity contribution in [2.75, 3.05) is 17.3 Å². The summed E-state index contributed by atoms with van der Waals surface area (Å²) in [5.41, 5.74) is 1.49. The minimum atomic E-state index is -1.08. The first-order chi connectivity index (χ1) is 15.3. The summed E-state index contributed by atoms with van der Waals surface area (Å²) in [5, 5.41) is 3.20. The molecule has 0 saturated heterocycles. The number of carbonyl (C=O) groups is 2. The highest BCUT2D eigenvalue weighted by atomic mass is 35.5. The van der Waals surface area contributed by atoms with Crippen molar-refractivity contribution >= 4 is 40.4 Å². The van der Waals surface area contributed by atoms with Crippen LogP contribution in [0.25, 0.3) is 5.57 Å². The Morgan fingerprint density at radius 2 is 1.66 bits per heavy atom. The van der Waals surface area contributed by atoms with E-state index in [4.69, 9.17) is 16.3 Å². The van der Waals surface area contributed by atoms with Gasteiger partial charge in [-0.1, -0.05) is 29.8 Å². The molecule has 1 N–H and O–H groups in total. The van der Waals surface area contributed by atoms with Crippen molar-refractivity contribution in [3.8, 4) is 5.75 Å². The highest BCUT2D eigenvalue weighted by Gasteiger charge is 2.41. The number of nitrogens with zero attached hydrogens (tertiary/aromatic N) is 1. The van der Waals surface area contributed by atoms with Gasteiger partial charge in [0.05, 0.1) is 18.4 Å². The number of anilines is 2. The van der Waals surface area contributed by atoms with E-state index in [0.29, 0.717) is 27.6 Å². The number of halogens is 3. The molecule has 2 amide bonds. The predicted molar refractivity (Wildman–Crippen MR) is 119 cm³/mol. The van der Waals surface area contributed by atoms with Gasteiger partial charge in [0.1, 0.15) is 11.4 Å². The Morgan fingerprint density at radius 1 is 0.938 bits per heavy atom. The maximum Gasteiger partial charge on any atom is 0.282 e. The zero-order valence-electron chi connectivity index (χ0n) is 17.1. The van der Waals surface area contributed by atoms with Gasteiger partial charge in [-0.15, -0.1) is 0 Å². The summed E-state index contributed by atoms with van der Waals surface area (Å²) >= 11 is 6.20. The van der Waals surface area contributed by atoms with Gasteiger partial charge in [0, 0.05) is 16.8 Å². The van der Waals surface area contributed by atoms with Gasteiger partial charge >= 0.3 is 0 Å². The quantitative estimate of drug-likeness (QED) is 0.529. The first-order valence-corrected chi connectivity index (χ1v) is 9.94. The van der Waals surface area contributed by atoms with Crippen LogP contribution in [0, 0.1) is 18.6 Å². The van der Waals surface area contributed by atoms with Crippen LogP contribution in [0.1, 0.15) is 11.1 Å². The fourth-order valence-corrected chi connectivity index (χ4v) is 3.62. The van der Waals surface area contributed by atoms with Crippen molar-refractivity contribution in [2.45, 2.75) is 6.92 Å². The number of ether oxygens (including phenoxy) is 1. The second-order valence-electron chi connectivity index (χ2n) is 7.06. The van der Waals surface area contributed by atoms with Crippen LogP contribution in [0.15, 0.2) is 66.4 Å². The molecule has 0 aromatic heterocycles. The smallest absolute Gasteiger partial charge is 0.282 e. The van der Waals surface area contributed by atoms with Crippen LogP contribution in [0.5, 0.6) is 5.75 Å². The highest BCUT2D eigenvalue weighted by molar-refractivity contribution is 6.46. The molecule has 0 bridgehead atoms. The van der Waals surface area contributed by atoms with Crippen LogP contribution in [0.3, 0.4) is 0 Å². The highest BCUT2D eigenvalue weighted by Crippen LogP contribution is 2.37. The van der Waals surface area contributed by atoms with Gasteiger partial charge in [-0.25, -0.2) is 13.7 Å². The lowest BCUT2D eigenvalue weighted by Crippen LogP contribution is -2.33. The number of imide groups is 1. The molecule has 0 saturated carbocycles. The van der Waals surface area contributed by atoms with Crippen LogP contribution in [-0.4, -0.2) is 18.9 Å². The Hall–Kier alpha value is -3.71. The monoisotopic (exact) mass is 454 g/mol. The lowest BCUT2D eigenvalue weighted by atomic mass is 10.0. The molecule has 1 aliphatic rings. The molecule has 8 heteroatoms. The van der Waals surface area contributed by atoms with Crippen molar-refractivity contribution < 1.29 is 23.1 Å². The summed E-state index contributed by atoms with van der Waals surface area (Å²) in [4.78, 5) is 27.9. The molecule has 4 rings (SSSR count). The van der Waals surface area contributed by atoms with E-state index < -0.39 is 23.4 Å². The molecular formula is C24H17ClF2N2O3. The number of nitrogens with one attached hydrogen (secondary N) is 1. The van der Waals surface area contributed by atoms with E-state index in [9.17, 15) is 18.4 Å². The lowest BCUT2D eigenvalue weighted by Gasteiger charge is -2.18. The van der Waals surface area contributed by atoms with Crippen molar-refractivity contribution in [2.24, 2.45) is 0 Å². The Kier molecular flexibility index (Phi) is 5.67. The third-order valence-corrected chi connectivity index (χ3v) is 5.54. The summed E-state index contributed by atoms with van der Waals surface area (Å²) in [6, 6.07) is 14.6. The molecular weight excluding hydrogens is 438 g/mol. The van der Waals surface area contributed by atoms with Gasteiger partial charge < -0.3 is 10.1 Å². The SMILES string of the molecule is COc1ccc(C2=C(Nc3ccc(F)c(F)c3)C(=O)N(c3cccc(Cl)c3C)C2=O)cc1. The van der Waals surface area contributed by atoms with E-state index in [0.717, 1.165) is 17.0 Å². The number of amides is 2. The number of hydrogen-bond acceptors (Lipinski definition) is 4.